The number of benzene rings is 1. The molecule has 33 heavy (non-hydrogen) atoms. The third-order valence-corrected chi connectivity index (χ3v) is 6.15. The molecule has 0 saturated carbocycles. The minimum atomic E-state index is 0.916. The molecule has 3 heterocycles. The molecule has 0 amide bonds. The maximum Gasteiger partial charge on any atom is 0.193 e. The van der Waals surface area contributed by atoms with E-state index in [4.69, 9.17) is 0 Å². The Balaban J connectivity index is 0.000000225. The van der Waals surface area contributed by atoms with E-state index in [2.05, 4.69) is 82.9 Å². The summed E-state index contributed by atoms with van der Waals surface area (Å²) in [4.78, 5) is 10.4. The first-order valence-corrected chi connectivity index (χ1v) is 13.3. The van der Waals surface area contributed by atoms with E-state index in [-0.39, 0.29) is 0 Å². The Bertz CT molecular complexity index is 697. The van der Waals surface area contributed by atoms with E-state index >= 15 is 0 Å². The fourth-order valence-electron chi connectivity index (χ4n) is 3.31. The minimum absolute atomic E-state index is 0.916. The summed E-state index contributed by atoms with van der Waals surface area (Å²) < 4.78 is 0. The number of likely N-dealkylation sites (N-methyl/N-ethyl adjacent to an activating group) is 2. The monoisotopic (exact) mass is 473 g/mol. The standard InChI is InChI=1S/C8H17N.C7H16N4.C7H8.C5H6S/c1-2-3-6-9-7-4-5-8-9;1-8-5-6-11(2)7-9-3-4-10-7;1-7-5-3-2-4-6-7;1-5-3-2-4-6-5/h2-8H2,1H3;8H,3-6H2,1-2H3,(H,9,10);2-6H,1H3;2-4H,1H3. The molecular weight excluding hydrogens is 426 g/mol. The number of thiophene rings is 1. The molecule has 5 nitrogen and oxygen atoms in total. The van der Waals surface area contributed by atoms with Crippen LogP contribution < -0.4 is 10.6 Å². The van der Waals surface area contributed by atoms with E-state index in [0.29, 0.717) is 0 Å². The Morgan fingerprint density at radius 3 is 2.24 bits per heavy atom. The molecule has 2 aliphatic rings. The Kier molecular flexibility index (Phi) is 17.3. The minimum Gasteiger partial charge on any atom is -0.354 e. The number of aliphatic imine (C=N–C) groups is 1. The second-order valence-corrected chi connectivity index (χ2v) is 9.59. The molecule has 4 rings (SSSR count). The number of rotatable bonds is 6. The highest BCUT2D eigenvalue weighted by molar-refractivity contribution is 7.09. The summed E-state index contributed by atoms with van der Waals surface area (Å²) >= 11 is 1.78. The zero-order valence-electron chi connectivity index (χ0n) is 21.6. The van der Waals surface area contributed by atoms with Gasteiger partial charge in [0, 0.05) is 31.6 Å². The normalized spacial score (nSPS) is 14.5. The second-order valence-electron chi connectivity index (χ2n) is 8.44. The van der Waals surface area contributed by atoms with E-state index in [1.54, 1.807) is 11.3 Å². The summed E-state index contributed by atoms with van der Waals surface area (Å²) in [5, 5.41) is 8.39. The second kappa shape index (κ2) is 19.6. The first-order chi connectivity index (χ1) is 16.1. The van der Waals surface area contributed by atoms with E-state index in [0.717, 1.165) is 32.1 Å². The van der Waals surface area contributed by atoms with Gasteiger partial charge in [-0.15, -0.1) is 11.3 Å². The summed E-state index contributed by atoms with van der Waals surface area (Å²) in [6.45, 7) is 14.4. The molecule has 1 fully saturated rings. The smallest absolute Gasteiger partial charge is 0.193 e. The van der Waals surface area contributed by atoms with Crippen LogP contribution in [0.15, 0.2) is 52.8 Å². The lowest BCUT2D eigenvalue weighted by molar-refractivity contribution is 0.332. The van der Waals surface area contributed by atoms with Crippen LogP contribution in [-0.4, -0.2) is 75.7 Å². The number of hydrogen-bond acceptors (Lipinski definition) is 6. The molecule has 2 aromatic rings. The maximum atomic E-state index is 4.29. The molecule has 2 aliphatic heterocycles. The molecule has 0 bridgehead atoms. The Morgan fingerprint density at radius 2 is 1.82 bits per heavy atom. The summed E-state index contributed by atoms with van der Waals surface area (Å²) in [6.07, 6.45) is 5.60. The van der Waals surface area contributed by atoms with Crippen LogP contribution in [0.1, 0.15) is 43.0 Å². The number of nitrogens with zero attached hydrogens (tertiary/aromatic N) is 3. The van der Waals surface area contributed by atoms with Gasteiger partial charge in [-0.05, 0) is 71.2 Å². The average molecular weight is 474 g/mol. The van der Waals surface area contributed by atoms with Gasteiger partial charge in [-0.3, -0.25) is 4.99 Å². The van der Waals surface area contributed by atoms with Crippen molar-refractivity contribution in [3.8, 4) is 0 Å². The van der Waals surface area contributed by atoms with E-state index in [9.17, 15) is 0 Å². The zero-order valence-corrected chi connectivity index (χ0v) is 22.5. The van der Waals surface area contributed by atoms with Gasteiger partial charge in [0.25, 0.3) is 0 Å². The molecule has 0 atom stereocenters. The van der Waals surface area contributed by atoms with Crippen molar-refractivity contribution in [3.05, 3.63) is 58.3 Å². The van der Waals surface area contributed by atoms with Crippen LogP contribution >= 0.6 is 11.3 Å². The Hall–Kier alpha value is -1.89. The summed E-state index contributed by atoms with van der Waals surface area (Å²) in [6, 6.07) is 14.4. The first-order valence-electron chi connectivity index (χ1n) is 12.4. The highest BCUT2D eigenvalue weighted by atomic mass is 32.1. The lowest BCUT2D eigenvalue weighted by Crippen LogP contribution is -2.39. The van der Waals surface area contributed by atoms with E-state index < -0.39 is 0 Å². The van der Waals surface area contributed by atoms with Gasteiger partial charge in [0.1, 0.15) is 0 Å². The van der Waals surface area contributed by atoms with Crippen LogP contribution in [0, 0.1) is 13.8 Å². The molecule has 0 aliphatic carbocycles. The van der Waals surface area contributed by atoms with Crippen molar-refractivity contribution < 1.29 is 0 Å². The molecule has 6 heteroatoms. The fraction of sp³-hybridized carbons (Fsp3) is 0.593. The highest BCUT2D eigenvalue weighted by Crippen LogP contribution is 2.07. The van der Waals surface area contributed by atoms with Gasteiger partial charge in [0.05, 0.1) is 6.54 Å². The number of unbranched alkanes of at least 4 members (excludes halogenated alkanes) is 1. The summed E-state index contributed by atoms with van der Waals surface area (Å²) in [7, 11) is 4.01. The van der Waals surface area contributed by atoms with Crippen LogP contribution in [0.25, 0.3) is 0 Å². The zero-order chi connectivity index (χ0) is 24.2. The van der Waals surface area contributed by atoms with Crippen molar-refractivity contribution in [2.75, 3.05) is 59.9 Å². The van der Waals surface area contributed by atoms with Crippen LogP contribution in [-0.2, 0) is 0 Å². The first kappa shape index (κ1) is 29.1. The molecule has 1 aromatic carbocycles. The number of likely N-dealkylation sites (tertiary alicyclic amines) is 1. The lowest BCUT2D eigenvalue weighted by Gasteiger charge is -2.18. The van der Waals surface area contributed by atoms with Crippen LogP contribution in [0.3, 0.4) is 0 Å². The van der Waals surface area contributed by atoms with Gasteiger partial charge in [-0.25, -0.2) is 0 Å². The Labute approximate surface area is 207 Å². The number of aryl methyl sites for hydroxylation is 2. The van der Waals surface area contributed by atoms with Crippen LogP contribution in [0.5, 0.6) is 0 Å². The van der Waals surface area contributed by atoms with Gasteiger partial charge in [0.15, 0.2) is 5.96 Å². The van der Waals surface area contributed by atoms with Gasteiger partial charge in [0.2, 0.25) is 0 Å². The largest absolute Gasteiger partial charge is 0.354 e. The number of hydrogen-bond donors (Lipinski definition) is 2. The van der Waals surface area contributed by atoms with Gasteiger partial charge < -0.3 is 20.4 Å². The third kappa shape index (κ3) is 15.6. The topological polar surface area (TPSA) is 42.9 Å². The Morgan fingerprint density at radius 1 is 1.09 bits per heavy atom. The molecular formula is C27H47N5S. The van der Waals surface area contributed by atoms with Gasteiger partial charge >= 0.3 is 0 Å². The number of nitrogens with one attached hydrogen (secondary N) is 2. The van der Waals surface area contributed by atoms with E-state index in [1.165, 1.54) is 55.8 Å². The SMILES string of the molecule is CCCCN1CCCC1.CNCCN(C)C1=NCCN1.Cc1ccccc1.Cc1cccs1. The molecule has 1 saturated heterocycles. The van der Waals surface area contributed by atoms with Crippen LogP contribution in [0.4, 0.5) is 0 Å². The highest BCUT2D eigenvalue weighted by Gasteiger charge is 2.09. The molecule has 1 aromatic heterocycles. The fourth-order valence-corrected chi connectivity index (χ4v) is 3.84. The summed E-state index contributed by atoms with van der Waals surface area (Å²) in [5.74, 6) is 1.03. The number of guanidine groups is 1. The molecule has 2 N–H and O–H groups in total. The predicted octanol–water partition coefficient (Wildman–Crippen LogP) is 5.03. The van der Waals surface area contributed by atoms with Gasteiger partial charge in [-0.2, -0.15) is 0 Å². The molecule has 0 unspecified atom stereocenters. The van der Waals surface area contributed by atoms with Crippen molar-refractivity contribution in [1.29, 1.82) is 0 Å². The lowest BCUT2D eigenvalue weighted by atomic mass is 10.2. The van der Waals surface area contributed by atoms with Crippen molar-refractivity contribution in [2.24, 2.45) is 4.99 Å². The molecule has 186 valence electrons. The summed E-state index contributed by atoms with van der Waals surface area (Å²) in [5.41, 5.74) is 1.32. The maximum absolute atomic E-state index is 4.29. The predicted molar refractivity (Wildman–Crippen MR) is 148 cm³/mol. The van der Waals surface area contributed by atoms with Gasteiger partial charge in [-0.1, -0.05) is 55.3 Å². The van der Waals surface area contributed by atoms with Crippen molar-refractivity contribution in [3.63, 3.8) is 0 Å². The van der Waals surface area contributed by atoms with Crippen molar-refractivity contribution in [1.82, 2.24) is 20.4 Å². The van der Waals surface area contributed by atoms with Crippen molar-refractivity contribution >= 4 is 17.3 Å². The van der Waals surface area contributed by atoms with Crippen molar-refractivity contribution in [2.45, 2.75) is 46.5 Å². The molecule has 0 spiro atoms. The van der Waals surface area contributed by atoms with E-state index in [1.807, 2.05) is 25.2 Å². The molecule has 0 radical (unpaired) electrons. The van der Waals surface area contributed by atoms with Crippen LogP contribution in [0.2, 0.25) is 0 Å². The quantitative estimate of drug-likeness (QED) is 0.617. The average Bonchev–Trinajstić information content (AvgIpc) is 3.62. The third-order valence-electron chi connectivity index (χ3n) is 5.35.